The fourth-order valence-electron chi connectivity index (χ4n) is 2.04. The van der Waals surface area contributed by atoms with Gasteiger partial charge < -0.3 is 5.32 Å². The molecule has 0 radical (unpaired) electrons. The highest BCUT2D eigenvalue weighted by Crippen LogP contribution is 2.28. The first-order valence-electron chi connectivity index (χ1n) is 5.85. The molecule has 1 aromatic carbocycles. The van der Waals surface area contributed by atoms with Gasteiger partial charge in [-0.2, -0.15) is 0 Å². The third kappa shape index (κ3) is 3.35. The molecule has 0 unspecified atom stereocenters. The summed E-state index contributed by atoms with van der Waals surface area (Å²) in [5.41, 5.74) is 3.15. The Labute approximate surface area is 93.9 Å². The van der Waals surface area contributed by atoms with Crippen molar-refractivity contribution in [1.29, 1.82) is 0 Å². The van der Waals surface area contributed by atoms with Gasteiger partial charge in [-0.25, -0.2) is 0 Å². The number of benzene rings is 1. The highest BCUT2D eigenvalue weighted by molar-refractivity contribution is 5.32. The van der Waals surface area contributed by atoms with Crippen molar-refractivity contribution >= 4 is 0 Å². The van der Waals surface area contributed by atoms with E-state index in [9.17, 15) is 0 Å². The van der Waals surface area contributed by atoms with E-state index in [1.807, 2.05) is 0 Å². The number of nitrogens with one attached hydrogen (secondary N) is 1. The quantitative estimate of drug-likeness (QED) is 0.727. The van der Waals surface area contributed by atoms with Gasteiger partial charge in [0.15, 0.2) is 0 Å². The Bertz CT molecular complexity index is 302. The smallest absolute Gasteiger partial charge is 0.00407 e. The Kier molecular flexibility index (Phi) is 4.34. The van der Waals surface area contributed by atoms with E-state index in [4.69, 9.17) is 0 Å². The third-order valence-electron chi connectivity index (χ3n) is 3.05. The molecular weight excluding hydrogens is 182 g/mol. The predicted octanol–water partition coefficient (Wildman–Crippen LogP) is 3.27. The van der Waals surface area contributed by atoms with E-state index < -0.39 is 0 Å². The molecule has 1 N–H and O–H groups in total. The number of aryl methyl sites for hydroxylation is 1. The zero-order valence-electron chi connectivity index (χ0n) is 10.4. The van der Waals surface area contributed by atoms with Crippen LogP contribution in [-0.2, 0) is 5.41 Å². The fraction of sp³-hybridized carbons (Fsp3) is 0.571. The van der Waals surface area contributed by atoms with E-state index in [0.29, 0.717) is 0 Å². The number of hydrogen-bond donors (Lipinski definition) is 1. The van der Waals surface area contributed by atoms with E-state index in [2.05, 4.69) is 57.3 Å². The van der Waals surface area contributed by atoms with Gasteiger partial charge in [-0.3, -0.25) is 0 Å². The molecule has 0 amide bonds. The van der Waals surface area contributed by atoms with E-state index in [-0.39, 0.29) is 5.41 Å². The lowest BCUT2D eigenvalue weighted by molar-refractivity contribution is 0.459. The summed E-state index contributed by atoms with van der Waals surface area (Å²) in [4.78, 5) is 0. The second-order valence-corrected chi connectivity index (χ2v) is 4.80. The zero-order valence-corrected chi connectivity index (χ0v) is 10.4. The van der Waals surface area contributed by atoms with Gasteiger partial charge in [0.2, 0.25) is 0 Å². The summed E-state index contributed by atoms with van der Waals surface area (Å²) in [5.74, 6) is 0. The fourth-order valence-corrected chi connectivity index (χ4v) is 2.04. The Morgan fingerprint density at radius 2 is 1.87 bits per heavy atom. The SMILES string of the molecule is CCNCCC(C)(C)c1ccccc1C. The van der Waals surface area contributed by atoms with E-state index in [1.165, 1.54) is 17.5 Å². The van der Waals surface area contributed by atoms with E-state index in [0.717, 1.165) is 13.1 Å². The van der Waals surface area contributed by atoms with Gasteiger partial charge in [0.25, 0.3) is 0 Å². The summed E-state index contributed by atoms with van der Waals surface area (Å²) in [7, 11) is 0. The molecule has 1 nitrogen and oxygen atoms in total. The molecule has 84 valence electrons. The highest BCUT2D eigenvalue weighted by atomic mass is 14.8. The van der Waals surface area contributed by atoms with Gasteiger partial charge in [0.1, 0.15) is 0 Å². The van der Waals surface area contributed by atoms with Gasteiger partial charge in [-0.15, -0.1) is 0 Å². The molecule has 0 saturated heterocycles. The molecule has 0 aliphatic heterocycles. The zero-order chi connectivity index (χ0) is 11.3. The summed E-state index contributed by atoms with van der Waals surface area (Å²) in [6.07, 6.45) is 1.19. The van der Waals surface area contributed by atoms with Crippen LogP contribution < -0.4 is 5.32 Å². The summed E-state index contributed by atoms with van der Waals surface area (Å²) in [5, 5.41) is 3.39. The lowest BCUT2D eigenvalue weighted by Gasteiger charge is -2.27. The average Bonchev–Trinajstić information content (AvgIpc) is 2.18. The van der Waals surface area contributed by atoms with Crippen LogP contribution in [0.15, 0.2) is 24.3 Å². The predicted molar refractivity (Wildman–Crippen MR) is 67.4 cm³/mol. The molecule has 0 bridgehead atoms. The van der Waals surface area contributed by atoms with Crippen molar-refractivity contribution in [3.8, 4) is 0 Å². The van der Waals surface area contributed by atoms with Crippen LogP contribution in [0.4, 0.5) is 0 Å². The number of rotatable bonds is 5. The van der Waals surface area contributed by atoms with Gasteiger partial charge in [0, 0.05) is 0 Å². The van der Waals surface area contributed by atoms with E-state index >= 15 is 0 Å². The minimum absolute atomic E-state index is 0.271. The molecule has 1 aromatic rings. The number of hydrogen-bond acceptors (Lipinski definition) is 1. The molecule has 0 spiro atoms. The third-order valence-corrected chi connectivity index (χ3v) is 3.05. The Balaban J connectivity index is 2.72. The molecule has 0 heterocycles. The Morgan fingerprint density at radius 1 is 1.20 bits per heavy atom. The van der Waals surface area contributed by atoms with Gasteiger partial charge in [-0.1, -0.05) is 45.0 Å². The Morgan fingerprint density at radius 3 is 2.47 bits per heavy atom. The second-order valence-electron chi connectivity index (χ2n) is 4.80. The first kappa shape index (κ1) is 12.3. The van der Waals surface area contributed by atoms with Gasteiger partial charge in [0.05, 0.1) is 0 Å². The minimum Gasteiger partial charge on any atom is -0.317 e. The van der Waals surface area contributed by atoms with Crippen molar-refractivity contribution in [2.24, 2.45) is 0 Å². The monoisotopic (exact) mass is 205 g/mol. The first-order chi connectivity index (χ1) is 7.08. The molecule has 0 saturated carbocycles. The van der Waals surface area contributed by atoms with Crippen LogP contribution in [-0.4, -0.2) is 13.1 Å². The van der Waals surface area contributed by atoms with Crippen LogP contribution in [0.25, 0.3) is 0 Å². The minimum atomic E-state index is 0.271. The standard InChI is InChI=1S/C14H23N/c1-5-15-11-10-14(3,4)13-9-7-6-8-12(13)2/h6-9,15H,5,10-11H2,1-4H3. The molecule has 0 fully saturated rings. The molecule has 1 heteroatoms. The molecule has 0 aliphatic carbocycles. The van der Waals surface area contributed by atoms with Crippen LogP contribution in [0.5, 0.6) is 0 Å². The van der Waals surface area contributed by atoms with Crippen LogP contribution in [0.2, 0.25) is 0 Å². The summed E-state index contributed by atoms with van der Waals surface area (Å²) >= 11 is 0. The molecular formula is C14H23N. The topological polar surface area (TPSA) is 12.0 Å². The van der Waals surface area contributed by atoms with Crippen molar-refractivity contribution < 1.29 is 0 Å². The van der Waals surface area contributed by atoms with Crippen LogP contribution in [0.3, 0.4) is 0 Å². The summed E-state index contributed by atoms with van der Waals surface area (Å²) < 4.78 is 0. The maximum absolute atomic E-state index is 3.39. The highest BCUT2D eigenvalue weighted by Gasteiger charge is 2.21. The molecule has 0 atom stereocenters. The van der Waals surface area contributed by atoms with Crippen molar-refractivity contribution in [3.63, 3.8) is 0 Å². The Hall–Kier alpha value is -0.820. The van der Waals surface area contributed by atoms with E-state index in [1.54, 1.807) is 0 Å². The van der Waals surface area contributed by atoms with Crippen LogP contribution >= 0.6 is 0 Å². The van der Waals surface area contributed by atoms with Gasteiger partial charge >= 0.3 is 0 Å². The van der Waals surface area contributed by atoms with Crippen LogP contribution in [0, 0.1) is 6.92 Å². The molecule has 0 aliphatic rings. The largest absolute Gasteiger partial charge is 0.317 e. The normalized spacial score (nSPS) is 11.7. The average molecular weight is 205 g/mol. The van der Waals surface area contributed by atoms with Crippen LogP contribution in [0.1, 0.15) is 38.3 Å². The second kappa shape index (κ2) is 5.32. The van der Waals surface area contributed by atoms with Crippen molar-refractivity contribution in [2.45, 2.75) is 39.5 Å². The van der Waals surface area contributed by atoms with Crippen molar-refractivity contribution in [3.05, 3.63) is 35.4 Å². The maximum Gasteiger partial charge on any atom is -0.00407 e. The van der Waals surface area contributed by atoms with Gasteiger partial charge in [-0.05, 0) is 43.0 Å². The summed E-state index contributed by atoms with van der Waals surface area (Å²) in [6, 6.07) is 8.70. The molecule has 0 aromatic heterocycles. The lowest BCUT2D eigenvalue weighted by atomic mass is 9.79. The molecule has 15 heavy (non-hydrogen) atoms. The first-order valence-corrected chi connectivity index (χ1v) is 5.85. The van der Waals surface area contributed by atoms with Crippen molar-refractivity contribution in [2.75, 3.05) is 13.1 Å². The maximum atomic E-state index is 3.39. The molecule has 1 rings (SSSR count). The lowest BCUT2D eigenvalue weighted by Crippen LogP contribution is -2.26. The summed E-state index contributed by atoms with van der Waals surface area (Å²) in [6.45, 7) is 11.2. The van der Waals surface area contributed by atoms with Crippen molar-refractivity contribution in [1.82, 2.24) is 5.32 Å².